The van der Waals surface area contributed by atoms with E-state index in [0.717, 1.165) is 17.9 Å². The molecule has 1 amide bonds. The number of alkyl halides is 1. The van der Waals surface area contributed by atoms with Crippen LogP contribution in [0.3, 0.4) is 0 Å². The lowest BCUT2D eigenvalue weighted by atomic mass is 10.1. The highest BCUT2D eigenvalue weighted by atomic mass is 35.5. The average Bonchev–Trinajstić information content (AvgIpc) is 2.55. The number of halogens is 1. The van der Waals surface area contributed by atoms with Crippen LogP contribution in [0.25, 0.3) is 0 Å². The Morgan fingerprint density at radius 2 is 2.50 bits per heavy atom. The van der Waals surface area contributed by atoms with E-state index in [1.165, 1.54) is 0 Å². The lowest BCUT2D eigenvalue weighted by Gasteiger charge is -2.19. The molecule has 0 N–H and O–H groups in total. The van der Waals surface area contributed by atoms with Gasteiger partial charge in [0.2, 0.25) is 5.91 Å². The number of carbonyl (C=O) groups excluding carboxylic acids is 1. The van der Waals surface area contributed by atoms with E-state index in [2.05, 4.69) is 0 Å². The van der Waals surface area contributed by atoms with Gasteiger partial charge in [-0.1, -0.05) is 0 Å². The van der Waals surface area contributed by atoms with Crippen LogP contribution in [-0.2, 0) is 4.79 Å². The summed E-state index contributed by atoms with van der Waals surface area (Å²) in [5.74, 6) is 3.17. The van der Waals surface area contributed by atoms with Crippen molar-refractivity contribution in [2.24, 2.45) is 5.92 Å². The Bertz CT molecular complexity index is 159. The summed E-state index contributed by atoms with van der Waals surface area (Å²) >= 11 is 7.41. The fourth-order valence-corrected chi connectivity index (χ4v) is 2.74. The molecule has 1 fully saturated rings. The third-order valence-corrected chi connectivity index (χ3v) is 3.41. The van der Waals surface area contributed by atoms with Crippen LogP contribution >= 0.6 is 23.4 Å². The molecule has 1 aliphatic rings. The van der Waals surface area contributed by atoms with Gasteiger partial charge in [0.15, 0.2) is 0 Å². The van der Waals surface area contributed by atoms with Crippen LogP contribution in [0, 0.1) is 5.92 Å². The Labute approximate surface area is 82.6 Å². The summed E-state index contributed by atoms with van der Waals surface area (Å²) in [7, 11) is 1.83. The highest BCUT2D eigenvalue weighted by Gasteiger charge is 2.25. The first-order valence-corrected chi connectivity index (χ1v) is 5.83. The van der Waals surface area contributed by atoms with Crippen molar-refractivity contribution in [3.05, 3.63) is 0 Å². The molecule has 0 aromatic rings. The van der Waals surface area contributed by atoms with Gasteiger partial charge in [-0.15, -0.1) is 11.6 Å². The van der Waals surface area contributed by atoms with Gasteiger partial charge in [0.05, 0.1) is 0 Å². The SMILES string of the molecule is CN(CCCl)C(=O)C1CCSC1. The van der Waals surface area contributed by atoms with Crippen molar-refractivity contribution in [2.45, 2.75) is 6.42 Å². The normalized spacial score (nSPS) is 22.7. The molecule has 1 atom stereocenters. The number of nitrogens with zero attached hydrogens (tertiary/aromatic N) is 1. The van der Waals surface area contributed by atoms with Crippen LogP contribution in [0.4, 0.5) is 0 Å². The van der Waals surface area contributed by atoms with Gasteiger partial charge in [-0.25, -0.2) is 0 Å². The molecule has 2 nitrogen and oxygen atoms in total. The van der Waals surface area contributed by atoms with Crippen LogP contribution in [-0.4, -0.2) is 41.8 Å². The Morgan fingerprint density at radius 3 is 3.00 bits per heavy atom. The van der Waals surface area contributed by atoms with Crippen molar-refractivity contribution in [1.82, 2.24) is 4.90 Å². The quantitative estimate of drug-likeness (QED) is 0.653. The number of carbonyl (C=O) groups is 1. The summed E-state index contributed by atoms with van der Waals surface area (Å²) in [6, 6.07) is 0. The number of thioether (sulfide) groups is 1. The predicted molar refractivity (Wildman–Crippen MR) is 53.8 cm³/mol. The third kappa shape index (κ3) is 2.56. The minimum Gasteiger partial charge on any atom is -0.344 e. The zero-order chi connectivity index (χ0) is 8.97. The topological polar surface area (TPSA) is 20.3 Å². The van der Waals surface area contributed by atoms with Crippen LogP contribution in [0.15, 0.2) is 0 Å². The van der Waals surface area contributed by atoms with Crippen molar-refractivity contribution in [3.8, 4) is 0 Å². The second kappa shape index (κ2) is 4.97. The maximum absolute atomic E-state index is 11.6. The molecule has 4 heteroatoms. The lowest BCUT2D eigenvalue weighted by molar-refractivity contribution is -0.133. The van der Waals surface area contributed by atoms with E-state index in [9.17, 15) is 4.79 Å². The van der Waals surface area contributed by atoms with Crippen LogP contribution < -0.4 is 0 Å². The van der Waals surface area contributed by atoms with E-state index < -0.39 is 0 Å². The first-order valence-electron chi connectivity index (χ1n) is 4.14. The van der Waals surface area contributed by atoms with E-state index in [0.29, 0.717) is 12.4 Å². The maximum Gasteiger partial charge on any atom is 0.226 e. The molecule has 0 saturated carbocycles. The number of hydrogen-bond donors (Lipinski definition) is 0. The predicted octanol–water partition coefficient (Wildman–Crippen LogP) is 1.44. The largest absolute Gasteiger partial charge is 0.344 e. The van der Waals surface area contributed by atoms with E-state index in [-0.39, 0.29) is 11.8 Å². The van der Waals surface area contributed by atoms with Crippen LogP contribution in [0.2, 0.25) is 0 Å². The summed E-state index contributed by atoms with van der Waals surface area (Å²) in [6.07, 6.45) is 1.04. The molecule has 12 heavy (non-hydrogen) atoms. The number of hydrogen-bond acceptors (Lipinski definition) is 2. The van der Waals surface area contributed by atoms with Crippen molar-refractivity contribution in [1.29, 1.82) is 0 Å². The number of rotatable bonds is 3. The lowest BCUT2D eigenvalue weighted by Crippen LogP contribution is -2.34. The van der Waals surface area contributed by atoms with Crippen LogP contribution in [0.5, 0.6) is 0 Å². The van der Waals surface area contributed by atoms with Crippen molar-refractivity contribution < 1.29 is 4.79 Å². The molecule has 1 heterocycles. The zero-order valence-corrected chi connectivity index (χ0v) is 8.83. The van der Waals surface area contributed by atoms with Crippen molar-refractivity contribution >= 4 is 29.3 Å². The van der Waals surface area contributed by atoms with Gasteiger partial charge in [0, 0.05) is 31.1 Å². The molecule has 70 valence electrons. The van der Waals surface area contributed by atoms with E-state index in [1.54, 1.807) is 4.90 Å². The molecular formula is C8H14ClNOS. The molecule has 0 aromatic heterocycles. The second-order valence-electron chi connectivity index (χ2n) is 3.01. The Hall–Kier alpha value is 0.110. The Balaban J connectivity index is 2.34. The Kier molecular flexibility index (Phi) is 4.22. The highest BCUT2D eigenvalue weighted by molar-refractivity contribution is 7.99. The monoisotopic (exact) mass is 207 g/mol. The van der Waals surface area contributed by atoms with Gasteiger partial charge in [0.25, 0.3) is 0 Å². The molecular weight excluding hydrogens is 194 g/mol. The van der Waals surface area contributed by atoms with Gasteiger partial charge in [-0.05, 0) is 12.2 Å². The van der Waals surface area contributed by atoms with Gasteiger partial charge in [0.1, 0.15) is 0 Å². The first kappa shape index (κ1) is 10.2. The first-order chi connectivity index (χ1) is 5.75. The summed E-state index contributed by atoms with van der Waals surface area (Å²) in [6.45, 7) is 0.668. The van der Waals surface area contributed by atoms with E-state index in [1.807, 2.05) is 18.8 Å². The van der Waals surface area contributed by atoms with E-state index in [4.69, 9.17) is 11.6 Å². The van der Waals surface area contributed by atoms with E-state index >= 15 is 0 Å². The molecule has 1 rings (SSSR count). The molecule has 0 aliphatic carbocycles. The van der Waals surface area contributed by atoms with Crippen LogP contribution in [0.1, 0.15) is 6.42 Å². The smallest absolute Gasteiger partial charge is 0.226 e. The maximum atomic E-state index is 11.6. The standard InChI is InChI=1S/C8H14ClNOS/c1-10(4-3-9)8(11)7-2-5-12-6-7/h7H,2-6H2,1H3. The van der Waals surface area contributed by atoms with Crippen molar-refractivity contribution in [3.63, 3.8) is 0 Å². The van der Waals surface area contributed by atoms with Gasteiger partial charge >= 0.3 is 0 Å². The molecule has 0 spiro atoms. The van der Waals surface area contributed by atoms with Gasteiger partial charge in [-0.3, -0.25) is 4.79 Å². The van der Waals surface area contributed by atoms with Gasteiger partial charge in [-0.2, -0.15) is 11.8 Å². The summed E-state index contributed by atoms with van der Waals surface area (Å²) in [4.78, 5) is 13.3. The second-order valence-corrected chi connectivity index (χ2v) is 4.54. The third-order valence-electron chi connectivity index (χ3n) is 2.08. The average molecular weight is 208 g/mol. The summed E-state index contributed by atoms with van der Waals surface area (Å²) in [5.41, 5.74) is 0. The fourth-order valence-electron chi connectivity index (χ4n) is 1.28. The minimum absolute atomic E-state index is 0.253. The molecule has 1 unspecified atom stereocenters. The fraction of sp³-hybridized carbons (Fsp3) is 0.875. The van der Waals surface area contributed by atoms with Gasteiger partial charge < -0.3 is 4.90 Å². The molecule has 0 aromatic carbocycles. The summed E-state index contributed by atoms with van der Waals surface area (Å²) < 4.78 is 0. The highest BCUT2D eigenvalue weighted by Crippen LogP contribution is 2.24. The molecule has 0 radical (unpaired) electrons. The molecule has 1 saturated heterocycles. The Morgan fingerprint density at radius 1 is 1.75 bits per heavy atom. The van der Waals surface area contributed by atoms with Crippen molar-refractivity contribution in [2.75, 3.05) is 31.0 Å². The number of amides is 1. The minimum atomic E-state index is 0.253. The molecule has 0 bridgehead atoms. The zero-order valence-electron chi connectivity index (χ0n) is 7.25. The molecule has 1 aliphatic heterocycles. The summed E-state index contributed by atoms with van der Waals surface area (Å²) in [5, 5.41) is 0.